The van der Waals surface area contributed by atoms with Crippen LogP contribution in [0.25, 0.3) is 0 Å². The molecule has 5 heteroatoms. The van der Waals surface area contributed by atoms with Crippen LogP contribution in [0.5, 0.6) is 0 Å². The maximum atomic E-state index is 6.00. The zero-order chi connectivity index (χ0) is 12.3. The third-order valence-corrected chi connectivity index (χ3v) is 4.52. The van der Waals surface area contributed by atoms with Gasteiger partial charge in [0.15, 0.2) is 0 Å². The van der Waals surface area contributed by atoms with Crippen molar-refractivity contribution in [2.45, 2.75) is 25.4 Å². The predicted molar refractivity (Wildman–Crippen MR) is 83.8 cm³/mol. The van der Waals surface area contributed by atoms with Gasteiger partial charge in [0.25, 0.3) is 0 Å². The van der Waals surface area contributed by atoms with Crippen LogP contribution in [-0.2, 0) is 6.54 Å². The highest BCUT2D eigenvalue weighted by molar-refractivity contribution is 9.10. The molecule has 1 N–H and O–H groups in total. The maximum Gasteiger partial charge on any atom is 0.0548 e. The summed E-state index contributed by atoms with van der Waals surface area (Å²) < 4.78 is 0.985. The van der Waals surface area contributed by atoms with Crippen LogP contribution < -0.4 is 5.32 Å². The van der Waals surface area contributed by atoms with Crippen LogP contribution in [0.4, 0.5) is 0 Å². The molecule has 0 bridgehead atoms. The summed E-state index contributed by atoms with van der Waals surface area (Å²) in [6.45, 7) is 3.34. The number of halogens is 3. The van der Waals surface area contributed by atoms with E-state index in [-0.39, 0.29) is 12.4 Å². The molecule has 1 fully saturated rings. The van der Waals surface area contributed by atoms with Gasteiger partial charge in [0, 0.05) is 23.6 Å². The van der Waals surface area contributed by atoms with Crippen molar-refractivity contribution in [3.63, 3.8) is 0 Å². The standard InChI is InChI=1S/C13H18BrClN2.ClH/c1-16-11-3-2-6-17(9-11)8-10-4-5-13(15)12(14)7-10;/h4-5,7,11,16H,2-3,6,8-9H2,1H3;1H. The molecule has 1 saturated heterocycles. The Morgan fingerprint density at radius 3 is 2.94 bits per heavy atom. The molecule has 1 aliphatic rings. The first kappa shape index (κ1) is 16.3. The molecule has 1 atom stereocenters. The molecule has 0 spiro atoms. The van der Waals surface area contributed by atoms with E-state index >= 15 is 0 Å². The quantitative estimate of drug-likeness (QED) is 0.891. The normalized spacial score (nSPS) is 20.5. The second-order valence-corrected chi connectivity index (χ2v) is 5.87. The van der Waals surface area contributed by atoms with Crippen molar-refractivity contribution >= 4 is 39.9 Å². The summed E-state index contributed by atoms with van der Waals surface area (Å²) in [5.74, 6) is 0. The summed E-state index contributed by atoms with van der Waals surface area (Å²) in [6.07, 6.45) is 2.57. The van der Waals surface area contributed by atoms with Crippen molar-refractivity contribution in [3.8, 4) is 0 Å². The van der Waals surface area contributed by atoms with Crippen LogP contribution in [0.15, 0.2) is 22.7 Å². The van der Waals surface area contributed by atoms with Crippen LogP contribution >= 0.6 is 39.9 Å². The summed E-state index contributed by atoms with van der Waals surface area (Å²) in [6, 6.07) is 6.82. The first-order chi connectivity index (χ1) is 8.19. The average Bonchev–Trinajstić information content (AvgIpc) is 2.34. The number of benzene rings is 1. The number of nitrogens with one attached hydrogen (secondary N) is 1. The summed E-state index contributed by atoms with van der Waals surface area (Å²) in [7, 11) is 2.05. The maximum absolute atomic E-state index is 6.00. The highest BCUT2D eigenvalue weighted by Crippen LogP contribution is 2.24. The van der Waals surface area contributed by atoms with E-state index in [1.165, 1.54) is 24.9 Å². The number of nitrogens with zero attached hydrogens (tertiary/aromatic N) is 1. The van der Waals surface area contributed by atoms with E-state index in [0.29, 0.717) is 6.04 Å². The van der Waals surface area contributed by atoms with Crippen LogP contribution in [0.2, 0.25) is 5.02 Å². The number of hydrogen-bond donors (Lipinski definition) is 1. The van der Waals surface area contributed by atoms with Crippen LogP contribution in [0, 0.1) is 0 Å². The minimum Gasteiger partial charge on any atom is -0.316 e. The summed E-state index contributed by atoms with van der Waals surface area (Å²) in [5.41, 5.74) is 1.32. The Morgan fingerprint density at radius 1 is 1.50 bits per heavy atom. The van der Waals surface area contributed by atoms with Crippen LogP contribution in [-0.4, -0.2) is 31.1 Å². The lowest BCUT2D eigenvalue weighted by atomic mass is 10.1. The minimum atomic E-state index is 0. The third kappa shape index (κ3) is 4.39. The molecular formula is C13H19BrCl2N2. The first-order valence-corrected chi connectivity index (χ1v) is 7.19. The smallest absolute Gasteiger partial charge is 0.0548 e. The molecule has 1 aromatic rings. The monoisotopic (exact) mass is 352 g/mol. The van der Waals surface area contributed by atoms with E-state index in [4.69, 9.17) is 11.6 Å². The zero-order valence-corrected chi connectivity index (χ0v) is 13.6. The number of likely N-dealkylation sites (N-methyl/N-ethyl adjacent to an activating group) is 1. The Hall–Kier alpha value is 0.200. The van der Waals surface area contributed by atoms with Crippen molar-refractivity contribution < 1.29 is 0 Å². The number of rotatable bonds is 3. The lowest BCUT2D eigenvalue weighted by Crippen LogP contribution is -2.43. The lowest BCUT2D eigenvalue weighted by Gasteiger charge is -2.32. The van der Waals surface area contributed by atoms with Crippen LogP contribution in [0.3, 0.4) is 0 Å². The Kier molecular flexibility index (Phi) is 6.96. The highest BCUT2D eigenvalue weighted by atomic mass is 79.9. The minimum absolute atomic E-state index is 0. The molecule has 2 nitrogen and oxygen atoms in total. The Morgan fingerprint density at radius 2 is 2.28 bits per heavy atom. The van der Waals surface area contributed by atoms with Gasteiger partial charge in [-0.25, -0.2) is 0 Å². The molecule has 0 radical (unpaired) electrons. The largest absolute Gasteiger partial charge is 0.316 e. The van der Waals surface area contributed by atoms with Crippen molar-refractivity contribution in [2.24, 2.45) is 0 Å². The lowest BCUT2D eigenvalue weighted by molar-refractivity contribution is 0.188. The van der Waals surface area contributed by atoms with Gasteiger partial charge in [-0.2, -0.15) is 0 Å². The fourth-order valence-electron chi connectivity index (χ4n) is 2.33. The molecule has 1 aromatic carbocycles. The molecule has 1 unspecified atom stereocenters. The van der Waals surface area contributed by atoms with Gasteiger partial charge >= 0.3 is 0 Å². The Bertz CT molecular complexity index is 387. The van der Waals surface area contributed by atoms with E-state index < -0.39 is 0 Å². The first-order valence-electron chi connectivity index (χ1n) is 6.02. The highest BCUT2D eigenvalue weighted by Gasteiger charge is 2.18. The second-order valence-electron chi connectivity index (χ2n) is 4.61. The Labute approximate surface area is 129 Å². The van der Waals surface area contributed by atoms with E-state index in [9.17, 15) is 0 Å². The summed E-state index contributed by atoms with van der Waals surface area (Å²) in [4.78, 5) is 2.50. The fraction of sp³-hybridized carbons (Fsp3) is 0.538. The topological polar surface area (TPSA) is 15.3 Å². The summed E-state index contributed by atoms with van der Waals surface area (Å²) in [5, 5.41) is 4.15. The predicted octanol–water partition coefficient (Wildman–Crippen LogP) is 3.71. The SMILES string of the molecule is CNC1CCCN(Cc2ccc(Cl)c(Br)c2)C1.Cl. The van der Waals surface area contributed by atoms with E-state index in [1.807, 2.05) is 13.1 Å². The number of likely N-dealkylation sites (tertiary alicyclic amines) is 1. The van der Waals surface area contributed by atoms with Crippen molar-refractivity contribution in [2.75, 3.05) is 20.1 Å². The number of piperidine rings is 1. The average molecular weight is 354 g/mol. The van der Waals surface area contributed by atoms with Crippen LogP contribution in [0.1, 0.15) is 18.4 Å². The molecule has 102 valence electrons. The fourth-order valence-corrected chi connectivity index (χ4v) is 2.87. The Balaban J connectivity index is 0.00000162. The van der Waals surface area contributed by atoms with Gasteiger partial charge in [0.05, 0.1) is 5.02 Å². The molecule has 1 heterocycles. The van der Waals surface area contributed by atoms with E-state index in [1.54, 1.807) is 0 Å². The molecular weight excluding hydrogens is 335 g/mol. The van der Waals surface area contributed by atoms with Crippen molar-refractivity contribution in [3.05, 3.63) is 33.3 Å². The molecule has 18 heavy (non-hydrogen) atoms. The molecule has 0 saturated carbocycles. The van der Waals surface area contributed by atoms with Gasteiger partial charge < -0.3 is 5.32 Å². The molecule has 2 rings (SSSR count). The van der Waals surface area contributed by atoms with Gasteiger partial charge in [0.2, 0.25) is 0 Å². The molecule has 0 amide bonds. The molecule has 0 aliphatic carbocycles. The van der Waals surface area contributed by atoms with Gasteiger partial charge in [-0.3, -0.25) is 4.90 Å². The van der Waals surface area contributed by atoms with Gasteiger partial charge in [-0.05, 0) is 60.1 Å². The van der Waals surface area contributed by atoms with Crippen molar-refractivity contribution in [1.82, 2.24) is 10.2 Å². The molecule has 0 aromatic heterocycles. The van der Waals surface area contributed by atoms with E-state index in [0.717, 1.165) is 22.6 Å². The van der Waals surface area contributed by atoms with E-state index in [2.05, 4.69) is 38.3 Å². The second kappa shape index (κ2) is 7.71. The third-order valence-electron chi connectivity index (χ3n) is 3.30. The molecule has 1 aliphatic heterocycles. The van der Waals surface area contributed by atoms with Gasteiger partial charge in [0.1, 0.15) is 0 Å². The zero-order valence-electron chi connectivity index (χ0n) is 10.5. The van der Waals surface area contributed by atoms with Crippen molar-refractivity contribution in [1.29, 1.82) is 0 Å². The summed E-state index contributed by atoms with van der Waals surface area (Å²) >= 11 is 9.47. The van der Waals surface area contributed by atoms with Gasteiger partial charge in [-0.15, -0.1) is 12.4 Å². The number of hydrogen-bond acceptors (Lipinski definition) is 2. The van der Waals surface area contributed by atoms with Gasteiger partial charge in [-0.1, -0.05) is 17.7 Å².